The predicted molar refractivity (Wildman–Crippen MR) is 49.5 cm³/mol. The first-order chi connectivity index (χ1) is 5.88. The van der Waals surface area contributed by atoms with Crippen molar-refractivity contribution in [1.29, 1.82) is 0 Å². The lowest BCUT2D eigenvalue weighted by molar-refractivity contribution is 0.0737. The van der Waals surface area contributed by atoms with Crippen LogP contribution in [0.5, 0.6) is 0 Å². The van der Waals surface area contributed by atoms with Gasteiger partial charge in [-0.2, -0.15) is 5.48 Å². The van der Waals surface area contributed by atoms with E-state index in [0.717, 1.165) is 5.56 Å². The molecule has 0 aliphatic heterocycles. The summed E-state index contributed by atoms with van der Waals surface area (Å²) in [5, 5.41) is 0. The Morgan fingerprint density at radius 1 is 1.42 bits per heavy atom. The molecule has 1 atom stereocenters. The molecule has 1 aromatic carbocycles. The zero-order chi connectivity index (χ0) is 8.81. The molecular formula is C10H13NO. The lowest BCUT2D eigenvalue weighted by atomic mass is 10.1. The quantitative estimate of drug-likeness (QED) is 0.542. The summed E-state index contributed by atoms with van der Waals surface area (Å²) in [5.41, 5.74) is 3.98. The van der Waals surface area contributed by atoms with Crippen LogP contribution >= 0.6 is 0 Å². The van der Waals surface area contributed by atoms with E-state index in [-0.39, 0.29) is 6.04 Å². The topological polar surface area (TPSA) is 21.3 Å². The van der Waals surface area contributed by atoms with Crippen LogP contribution in [0.4, 0.5) is 0 Å². The SMILES string of the molecule is C=C[C@@H](NOC)c1ccccc1. The summed E-state index contributed by atoms with van der Waals surface area (Å²) in [6.07, 6.45) is 1.80. The van der Waals surface area contributed by atoms with Crippen molar-refractivity contribution in [2.75, 3.05) is 7.11 Å². The van der Waals surface area contributed by atoms with Gasteiger partial charge in [0.15, 0.2) is 0 Å². The van der Waals surface area contributed by atoms with E-state index in [1.54, 1.807) is 13.2 Å². The molecule has 0 saturated carbocycles. The second-order valence-corrected chi connectivity index (χ2v) is 2.45. The summed E-state index contributed by atoms with van der Waals surface area (Å²) in [5.74, 6) is 0. The van der Waals surface area contributed by atoms with E-state index in [0.29, 0.717) is 0 Å². The highest BCUT2D eigenvalue weighted by Gasteiger charge is 2.03. The van der Waals surface area contributed by atoms with Crippen molar-refractivity contribution in [3.05, 3.63) is 48.6 Å². The van der Waals surface area contributed by atoms with Crippen molar-refractivity contribution in [1.82, 2.24) is 5.48 Å². The first kappa shape index (κ1) is 8.97. The molecule has 0 saturated heterocycles. The molecule has 12 heavy (non-hydrogen) atoms. The van der Waals surface area contributed by atoms with Crippen LogP contribution in [0.25, 0.3) is 0 Å². The smallest absolute Gasteiger partial charge is 0.0749 e. The second kappa shape index (κ2) is 4.70. The molecule has 1 N–H and O–H groups in total. The molecule has 0 radical (unpaired) electrons. The van der Waals surface area contributed by atoms with E-state index in [1.165, 1.54) is 0 Å². The number of rotatable bonds is 4. The van der Waals surface area contributed by atoms with Crippen molar-refractivity contribution in [2.24, 2.45) is 0 Å². The Labute approximate surface area is 72.8 Å². The largest absolute Gasteiger partial charge is 0.304 e. The predicted octanol–water partition coefficient (Wildman–Crippen LogP) is 2.06. The zero-order valence-corrected chi connectivity index (χ0v) is 7.16. The van der Waals surface area contributed by atoms with E-state index in [2.05, 4.69) is 12.1 Å². The Hall–Kier alpha value is -1.12. The van der Waals surface area contributed by atoms with Crippen LogP contribution in [0.2, 0.25) is 0 Å². The average Bonchev–Trinajstić information content (AvgIpc) is 2.15. The Morgan fingerprint density at radius 2 is 2.08 bits per heavy atom. The Bertz CT molecular complexity index is 233. The zero-order valence-electron chi connectivity index (χ0n) is 7.16. The average molecular weight is 163 g/mol. The number of hydrogen-bond acceptors (Lipinski definition) is 2. The standard InChI is InChI=1S/C10H13NO/c1-3-10(11-12-2)9-7-5-4-6-8-9/h3-8,10-11H,1H2,2H3/t10-/m1/s1. The minimum Gasteiger partial charge on any atom is -0.304 e. The fourth-order valence-corrected chi connectivity index (χ4v) is 1.04. The van der Waals surface area contributed by atoms with Crippen LogP contribution in [0.3, 0.4) is 0 Å². The molecule has 0 heterocycles. The van der Waals surface area contributed by atoms with Gasteiger partial charge in [-0.3, -0.25) is 0 Å². The molecule has 0 aliphatic carbocycles. The van der Waals surface area contributed by atoms with Crippen molar-refractivity contribution in [2.45, 2.75) is 6.04 Å². The Morgan fingerprint density at radius 3 is 2.58 bits per heavy atom. The highest BCUT2D eigenvalue weighted by molar-refractivity contribution is 5.21. The highest BCUT2D eigenvalue weighted by atomic mass is 16.6. The first-order valence-corrected chi connectivity index (χ1v) is 3.84. The normalized spacial score (nSPS) is 12.4. The van der Waals surface area contributed by atoms with E-state index in [9.17, 15) is 0 Å². The molecule has 2 nitrogen and oxygen atoms in total. The van der Waals surface area contributed by atoms with Crippen molar-refractivity contribution >= 4 is 0 Å². The van der Waals surface area contributed by atoms with Gasteiger partial charge < -0.3 is 4.84 Å². The molecule has 0 fully saturated rings. The number of hydrogen-bond donors (Lipinski definition) is 1. The molecule has 0 unspecified atom stereocenters. The van der Waals surface area contributed by atoms with Gasteiger partial charge in [0.2, 0.25) is 0 Å². The monoisotopic (exact) mass is 163 g/mol. The molecule has 0 aromatic heterocycles. The van der Waals surface area contributed by atoms with Gasteiger partial charge >= 0.3 is 0 Å². The molecule has 1 rings (SSSR count). The highest BCUT2D eigenvalue weighted by Crippen LogP contribution is 2.12. The van der Waals surface area contributed by atoms with Gasteiger partial charge in [-0.05, 0) is 5.56 Å². The minimum atomic E-state index is 0.0659. The molecular weight excluding hydrogens is 150 g/mol. The molecule has 0 spiro atoms. The van der Waals surface area contributed by atoms with E-state index in [1.807, 2.05) is 30.3 Å². The summed E-state index contributed by atoms with van der Waals surface area (Å²) >= 11 is 0. The summed E-state index contributed by atoms with van der Waals surface area (Å²) in [6.45, 7) is 3.71. The Kier molecular flexibility index (Phi) is 3.51. The van der Waals surface area contributed by atoms with Crippen molar-refractivity contribution in [3.8, 4) is 0 Å². The first-order valence-electron chi connectivity index (χ1n) is 3.84. The molecule has 0 bridgehead atoms. The van der Waals surface area contributed by atoms with Crippen LogP contribution in [0.1, 0.15) is 11.6 Å². The van der Waals surface area contributed by atoms with E-state index < -0.39 is 0 Å². The third kappa shape index (κ3) is 2.19. The molecule has 0 amide bonds. The fraction of sp³-hybridized carbons (Fsp3) is 0.200. The summed E-state index contributed by atoms with van der Waals surface area (Å²) < 4.78 is 0. The van der Waals surface area contributed by atoms with Gasteiger partial charge in [-0.1, -0.05) is 36.4 Å². The summed E-state index contributed by atoms with van der Waals surface area (Å²) in [6, 6.07) is 10.1. The maximum atomic E-state index is 4.83. The van der Waals surface area contributed by atoms with Gasteiger partial charge in [0.05, 0.1) is 13.2 Å². The molecule has 1 aromatic rings. The van der Waals surface area contributed by atoms with Gasteiger partial charge in [0.25, 0.3) is 0 Å². The number of nitrogens with one attached hydrogen (secondary N) is 1. The van der Waals surface area contributed by atoms with Gasteiger partial charge in [0, 0.05) is 0 Å². The van der Waals surface area contributed by atoms with E-state index in [4.69, 9.17) is 4.84 Å². The molecule has 64 valence electrons. The van der Waals surface area contributed by atoms with Crippen LogP contribution in [0, 0.1) is 0 Å². The van der Waals surface area contributed by atoms with Gasteiger partial charge in [0.1, 0.15) is 0 Å². The van der Waals surface area contributed by atoms with Crippen molar-refractivity contribution < 1.29 is 4.84 Å². The van der Waals surface area contributed by atoms with Gasteiger partial charge in [-0.15, -0.1) is 6.58 Å². The van der Waals surface area contributed by atoms with Crippen LogP contribution in [-0.2, 0) is 4.84 Å². The van der Waals surface area contributed by atoms with Crippen LogP contribution in [0.15, 0.2) is 43.0 Å². The lowest BCUT2D eigenvalue weighted by Gasteiger charge is -2.12. The minimum absolute atomic E-state index is 0.0659. The van der Waals surface area contributed by atoms with Crippen LogP contribution < -0.4 is 5.48 Å². The van der Waals surface area contributed by atoms with Crippen molar-refractivity contribution in [3.63, 3.8) is 0 Å². The van der Waals surface area contributed by atoms with E-state index >= 15 is 0 Å². The number of benzene rings is 1. The van der Waals surface area contributed by atoms with Gasteiger partial charge in [-0.25, -0.2) is 0 Å². The second-order valence-electron chi connectivity index (χ2n) is 2.45. The maximum Gasteiger partial charge on any atom is 0.0749 e. The molecule has 0 aliphatic rings. The lowest BCUT2D eigenvalue weighted by Crippen LogP contribution is -2.17. The number of hydroxylamine groups is 1. The Balaban J connectivity index is 2.73. The third-order valence-corrected chi connectivity index (χ3v) is 1.64. The van der Waals surface area contributed by atoms with Crippen LogP contribution in [-0.4, -0.2) is 7.11 Å². The fourth-order valence-electron chi connectivity index (χ4n) is 1.04. The summed E-state index contributed by atoms with van der Waals surface area (Å²) in [4.78, 5) is 4.83. The molecule has 2 heteroatoms. The third-order valence-electron chi connectivity index (χ3n) is 1.64. The maximum absolute atomic E-state index is 4.83. The summed E-state index contributed by atoms with van der Waals surface area (Å²) in [7, 11) is 1.60.